The van der Waals surface area contributed by atoms with Crippen LogP contribution in [-0.4, -0.2) is 16.7 Å². The van der Waals surface area contributed by atoms with E-state index >= 15 is 0 Å². The molecule has 5 heteroatoms. The van der Waals surface area contributed by atoms with Gasteiger partial charge in [0, 0.05) is 16.5 Å². The van der Waals surface area contributed by atoms with Crippen LogP contribution in [0.25, 0.3) is 11.4 Å². The minimum atomic E-state index is 0.381. The fraction of sp³-hybridized carbons (Fsp3) is 0.467. The lowest BCUT2D eigenvalue weighted by atomic mass is 9.82. The lowest BCUT2D eigenvalue weighted by Gasteiger charge is -2.24. The van der Waals surface area contributed by atoms with Gasteiger partial charge in [0.1, 0.15) is 0 Å². The van der Waals surface area contributed by atoms with E-state index < -0.39 is 0 Å². The molecule has 0 atom stereocenters. The largest absolute Gasteiger partial charge is 0.339 e. The van der Waals surface area contributed by atoms with Gasteiger partial charge in [0.05, 0.1) is 0 Å². The first kappa shape index (κ1) is 13.6. The third kappa shape index (κ3) is 2.86. The molecule has 0 amide bonds. The fourth-order valence-electron chi connectivity index (χ4n) is 2.76. The fourth-order valence-corrected chi connectivity index (χ4v) is 2.89. The predicted octanol–water partition coefficient (Wildman–Crippen LogP) is 3.62. The molecule has 1 fully saturated rings. The van der Waals surface area contributed by atoms with Crippen molar-refractivity contribution >= 4 is 11.6 Å². The van der Waals surface area contributed by atoms with Crippen molar-refractivity contribution in [3.63, 3.8) is 0 Å². The van der Waals surface area contributed by atoms with Crippen LogP contribution in [0, 0.1) is 5.92 Å². The molecule has 1 saturated carbocycles. The van der Waals surface area contributed by atoms with E-state index in [2.05, 4.69) is 10.1 Å². The Kier molecular flexibility index (Phi) is 4.03. The Labute approximate surface area is 123 Å². The van der Waals surface area contributed by atoms with Gasteiger partial charge in [-0.05, 0) is 62.4 Å². The summed E-state index contributed by atoms with van der Waals surface area (Å²) in [6, 6.07) is 7.48. The van der Waals surface area contributed by atoms with E-state index in [4.69, 9.17) is 21.9 Å². The topological polar surface area (TPSA) is 64.9 Å². The summed E-state index contributed by atoms with van der Waals surface area (Å²) in [6.45, 7) is 0.784. The van der Waals surface area contributed by atoms with Crippen LogP contribution in [0.1, 0.15) is 37.5 Å². The summed E-state index contributed by atoms with van der Waals surface area (Å²) >= 11 is 5.88. The number of nitrogens with two attached hydrogens (primary N) is 1. The summed E-state index contributed by atoms with van der Waals surface area (Å²) in [6.07, 6.45) is 4.48. The molecule has 20 heavy (non-hydrogen) atoms. The van der Waals surface area contributed by atoms with E-state index in [1.807, 2.05) is 24.3 Å². The summed E-state index contributed by atoms with van der Waals surface area (Å²) in [5.41, 5.74) is 6.65. The number of aromatic nitrogens is 2. The van der Waals surface area contributed by atoms with Gasteiger partial charge in [-0.3, -0.25) is 0 Å². The average Bonchev–Trinajstić information content (AvgIpc) is 2.98. The minimum absolute atomic E-state index is 0.381. The number of rotatable bonds is 3. The first-order chi connectivity index (χ1) is 9.76. The van der Waals surface area contributed by atoms with E-state index in [-0.39, 0.29) is 0 Å². The second-order valence-corrected chi connectivity index (χ2v) is 5.85. The number of halogens is 1. The van der Waals surface area contributed by atoms with Crippen LogP contribution in [0.4, 0.5) is 0 Å². The Morgan fingerprint density at radius 3 is 2.50 bits per heavy atom. The minimum Gasteiger partial charge on any atom is -0.339 e. The molecule has 106 valence electrons. The summed E-state index contributed by atoms with van der Waals surface area (Å²) < 4.78 is 5.43. The normalized spacial score (nSPS) is 22.9. The van der Waals surface area contributed by atoms with Crippen molar-refractivity contribution < 1.29 is 4.52 Å². The average molecular weight is 292 g/mol. The molecule has 0 aliphatic heterocycles. The highest BCUT2D eigenvalue weighted by Gasteiger charge is 2.25. The summed E-state index contributed by atoms with van der Waals surface area (Å²) in [4.78, 5) is 4.53. The molecule has 3 rings (SSSR count). The van der Waals surface area contributed by atoms with Gasteiger partial charge in [0.15, 0.2) is 0 Å². The maximum atomic E-state index is 5.88. The van der Waals surface area contributed by atoms with Gasteiger partial charge >= 0.3 is 0 Å². The maximum absolute atomic E-state index is 5.88. The highest BCUT2D eigenvalue weighted by molar-refractivity contribution is 6.30. The van der Waals surface area contributed by atoms with Gasteiger partial charge in [0.2, 0.25) is 11.7 Å². The highest BCUT2D eigenvalue weighted by Crippen LogP contribution is 2.35. The predicted molar refractivity (Wildman–Crippen MR) is 78.5 cm³/mol. The molecule has 1 heterocycles. The third-order valence-corrected chi connectivity index (χ3v) is 4.33. The van der Waals surface area contributed by atoms with Crippen molar-refractivity contribution in [3.8, 4) is 11.4 Å². The van der Waals surface area contributed by atoms with Gasteiger partial charge in [-0.2, -0.15) is 4.98 Å². The zero-order valence-corrected chi connectivity index (χ0v) is 12.0. The third-order valence-electron chi connectivity index (χ3n) is 4.07. The van der Waals surface area contributed by atoms with Crippen LogP contribution in [0.15, 0.2) is 28.8 Å². The lowest BCUT2D eigenvalue weighted by Crippen LogP contribution is -2.20. The van der Waals surface area contributed by atoms with Crippen LogP contribution < -0.4 is 5.73 Å². The van der Waals surface area contributed by atoms with Gasteiger partial charge in [0.25, 0.3) is 0 Å². The van der Waals surface area contributed by atoms with Crippen LogP contribution in [-0.2, 0) is 0 Å². The summed E-state index contributed by atoms with van der Waals surface area (Å²) in [5.74, 6) is 2.43. The monoisotopic (exact) mass is 291 g/mol. The number of nitrogens with zero attached hydrogens (tertiary/aromatic N) is 2. The number of hydrogen-bond acceptors (Lipinski definition) is 4. The maximum Gasteiger partial charge on any atom is 0.230 e. The van der Waals surface area contributed by atoms with Gasteiger partial charge in [-0.25, -0.2) is 0 Å². The zero-order valence-electron chi connectivity index (χ0n) is 11.3. The van der Waals surface area contributed by atoms with Crippen molar-refractivity contribution in [3.05, 3.63) is 35.2 Å². The zero-order chi connectivity index (χ0) is 13.9. The van der Waals surface area contributed by atoms with Crippen LogP contribution in [0.5, 0.6) is 0 Å². The van der Waals surface area contributed by atoms with E-state index in [0.717, 1.165) is 43.7 Å². The van der Waals surface area contributed by atoms with Crippen LogP contribution >= 0.6 is 11.6 Å². The molecule has 2 aromatic rings. The molecule has 0 saturated heterocycles. The molecular formula is C15H18ClN3O. The van der Waals surface area contributed by atoms with Gasteiger partial charge < -0.3 is 10.3 Å². The Balaban J connectivity index is 1.72. The van der Waals surface area contributed by atoms with E-state index in [1.165, 1.54) is 0 Å². The van der Waals surface area contributed by atoms with E-state index in [0.29, 0.717) is 22.7 Å². The standard InChI is InChI=1S/C15H18ClN3O/c16-13-7-5-11(6-8-13)14-18-15(20-19-14)12-3-1-10(9-17)2-4-12/h5-8,10,12H,1-4,9,17H2. The molecule has 0 radical (unpaired) electrons. The Hall–Kier alpha value is -1.39. The van der Waals surface area contributed by atoms with Crippen molar-refractivity contribution in [1.29, 1.82) is 0 Å². The van der Waals surface area contributed by atoms with Crippen LogP contribution in [0.3, 0.4) is 0 Å². The van der Waals surface area contributed by atoms with Crippen molar-refractivity contribution in [1.82, 2.24) is 10.1 Å². The van der Waals surface area contributed by atoms with Crippen LogP contribution in [0.2, 0.25) is 5.02 Å². The Morgan fingerprint density at radius 1 is 1.15 bits per heavy atom. The first-order valence-electron chi connectivity index (χ1n) is 7.06. The Morgan fingerprint density at radius 2 is 1.85 bits per heavy atom. The molecule has 1 aromatic heterocycles. The van der Waals surface area contributed by atoms with Crippen molar-refractivity contribution in [2.75, 3.05) is 6.54 Å². The van der Waals surface area contributed by atoms with Crippen molar-refractivity contribution in [2.45, 2.75) is 31.6 Å². The molecular weight excluding hydrogens is 274 g/mol. The number of hydrogen-bond donors (Lipinski definition) is 1. The molecule has 1 aromatic carbocycles. The highest BCUT2D eigenvalue weighted by atomic mass is 35.5. The second-order valence-electron chi connectivity index (χ2n) is 5.42. The molecule has 0 unspecified atom stereocenters. The smallest absolute Gasteiger partial charge is 0.230 e. The SMILES string of the molecule is NCC1CCC(c2nc(-c3ccc(Cl)cc3)no2)CC1. The van der Waals surface area contributed by atoms with Gasteiger partial charge in [-0.1, -0.05) is 16.8 Å². The first-order valence-corrected chi connectivity index (χ1v) is 7.43. The molecule has 0 bridgehead atoms. The molecule has 2 N–H and O–H groups in total. The lowest BCUT2D eigenvalue weighted by molar-refractivity contribution is 0.275. The van der Waals surface area contributed by atoms with E-state index in [9.17, 15) is 0 Å². The quantitative estimate of drug-likeness (QED) is 0.938. The molecule has 0 spiro atoms. The summed E-state index contributed by atoms with van der Waals surface area (Å²) in [5, 5.41) is 4.78. The number of benzene rings is 1. The van der Waals surface area contributed by atoms with Gasteiger partial charge in [-0.15, -0.1) is 0 Å². The molecule has 4 nitrogen and oxygen atoms in total. The second kappa shape index (κ2) is 5.94. The van der Waals surface area contributed by atoms with Crippen molar-refractivity contribution in [2.24, 2.45) is 11.7 Å². The molecule has 1 aliphatic carbocycles. The Bertz CT molecular complexity index is 559. The molecule has 1 aliphatic rings. The summed E-state index contributed by atoms with van der Waals surface area (Å²) in [7, 11) is 0. The van der Waals surface area contributed by atoms with E-state index in [1.54, 1.807) is 0 Å².